The van der Waals surface area contributed by atoms with Gasteiger partial charge in [0, 0.05) is 17.4 Å². The molecule has 20 heavy (non-hydrogen) atoms. The molecule has 0 aliphatic heterocycles. The molecule has 0 bridgehead atoms. The van der Waals surface area contributed by atoms with Crippen LogP contribution in [0.1, 0.15) is 49.0 Å². The maximum Gasteiger partial charge on any atom is 0.251 e. The Morgan fingerprint density at radius 1 is 1.25 bits per heavy atom. The van der Waals surface area contributed by atoms with Crippen LogP contribution in [0.5, 0.6) is 0 Å². The molecule has 0 aromatic heterocycles. The first-order valence-corrected chi connectivity index (χ1v) is 8.90. The summed E-state index contributed by atoms with van der Waals surface area (Å²) in [5.41, 5.74) is 2.05. The molecule has 0 spiro atoms. The molecule has 0 radical (unpaired) electrons. The minimum atomic E-state index is 0.0756. The highest BCUT2D eigenvalue weighted by Crippen LogP contribution is 2.29. The minimum absolute atomic E-state index is 0.0756. The van der Waals surface area contributed by atoms with Crippen LogP contribution in [0.25, 0.3) is 0 Å². The summed E-state index contributed by atoms with van der Waals surface area (Å²) in [5, 5.41) is 3.22. The van der Waals surface area contributed by atoms with Gasteiger partial charge in [-0.1, -0.05) is 38.8 Å². The van der Waals surface area contributed by atoms with E-state index in [1.165, 1.54) is 18.4 Å². The summed E-state index contributed by atoms with van der Waals surface area (Å²) in [6.45, 7) is 4.55. The van der Waals surface area contributed by atoms with E-state index in [0.29, 0.717) is 17.9 Å². The molecular formula is C17H25NOS. The molecule has 2 rings (SSSR count). The highest BCUT2D eigenvalue weighted by atomic mass is 32.2. The first-order chi connectivity index (χ1) is 9.61. The molecule has 0 heterocycles. The van der Waals surface area contributed by atoms with Crippen LogP contribution in [0.4, 0.5) is 0 Å². The van der Waals surface area contributed by atoms with Gasteiger partial charge in [0.15, 0.2) is 0 Å². The van der Waals surface area contributed by atoms with Crippen molar-refractivity contribution in [1.82, 2.24) is 5.32 Å². The van der Waals surface area contributed by atoms with Gasteiger partial charge >= 0.3 is 0 Å². The van der Waals surface area contributed by atoms with E-state index in [1.807, 2.05) is 12.1 Å². The fourth-order valence-corrected chi connectivity index (χ4v) is 3.48. The number of rotatable bonds is 4. The zero-order chi connectivity index (χ0) is 14.5. The van der Waals surface area contributed by atoms with Crippen molar-refractivity contribution in [2.45, 2.75) is 44.9 Å². The monoisotopic (exact) mass is 291 g/mol. The van der Waals surface area contributed by atoms with Gasteiger partial charge in [-0.15, -0.1) is 0 Å². The normalized spacial score (nSPS) is 26.2. The zero-order valence-corrected chi connectivity index (χ0v) is 13.5. The van der Waals surface area contributed by atoms with E-state index < -0.39 is 0 Å². The van der Waals surface area contributed by atoms with Gasteiger partial charge in [0.25, 0.3) is 5.91 Å². The van der Waals surface area contributed by atoms with Gasteiger partial charge in [0.05, 0.1) is 0 Å². The predicted molar refractivity (Wildman–Crippen MR) is 87.1 cm³/mol. The van der Waals surface area contributed by atoms with Gasteiger partial charge in [-0.25, -0.2) is 0 Å². The summed E-state index contributed by atoms with van der Waals surface area (Å²) in [4.78, 5) is 12.3. The van der Waals surface area contributed by atoms with Crippen LogP contribution in [0.2, 0.25) is 0 Å². The largest absolute Gasteiger partial charge is 0.349 e. The van der Waals surface area contributed by atoms with Crippen LogP contribution >= 0.6 is 11.8 Å². The number of carbonyl (C=O) groups is 1. The van der Waals surface area contributed by atoms with Crippen molar-refractivity contribution in [2.24, 2.45) is 11.8 Å². The van der Waals surface area contributed by atoms with Crippen molar-refractivity contribution in [3.8, 4) is 0 Å². The third-order valence-corrected chi connectivity index (χ3v) is 5.17. The van der Waals surface area contributed by atoms with Gasteiger partial charge in [-0.05, 0) is 42.2 Å². The molecule has 1 aromatic rings. The molecule has 1 aliphatic rings. The van der Waals surface area contributed by atoms with E-state index in [4.69, 9.17) is 0 Å². The molecule has 0 saturated heterocycles. The van der Waals surface area contributed by atoms with Gasteiger partial charge in [0.1, 0.15) is 0 Å². The number of carbonyl (C=O) groups excluding carboxylic acids is 1. The second-order valence-electron chi connectivity index (χ2n) is 5.98. The maximum absolute atomic E-state index is 12.3. The van der Waals surface area contributed by atoms with Crippen LogP contribution in [-0.4, -0.2) is 18.2 Å². The minimum Gasteiger partial charge on any atom is -0.349 e. The summed E-state index contributed by atoms with van der Waals surface area (Å²) < 4.78 is 0. The third-order valence-electron chi connectivity index (χ3n) is 4.55. The zero-order valence-electron chi connectivity index (χ0n) is 12.7. The Morgan fingerprint density at radius 2 is 1.95 bits per heavy atom. The second kappa shape index (κ2) is 7.16. The number of benzene rings is 1. The average Bonchev–Trinajstić information content (AvgIpc) is 2.45. The van der Waals surface area contributed by atoms with Gasteiger partial charge < -0.3 is 5.32 Å². The number of hydrogen-bond donors (Lipinski definition) is 1. The van der Waals surface area contributed by atoms with E-state index in [2.05, 4.69) is 37.6 Å². The molecule has 1 N–H and O–H groups in total. The maximum atomic E-state index is 12.3. The number of hydrogen-bond acceptors (Lipinski definition) is 2. The lowest BCUT2D eigenvalue weighted by Crippen LogP contribution is -2.43. The van der Waals surface area contributed by atoms with Crippen LogP contribution in [-0.2, 0) is 5.75 Å². The summed E-state index contributed by atoms with van der Waals surface area (Å²) in [7, 11) is 0. The van der Waals surface area contributed by atoms with Crippen LogP contribution in [0, 0.1) is 11.8 Å². The van der Waals surface area contributed by atoms with Crippen molar-refractivity contribution in [2.75, 3.05) is 6.26 Å². The van der Waals surface area contributed by atoms with E-state index in [9.17, 15) is 4.79 Å². The lowest BCUT2D eigenvalue weighted by molar-refractivity contribution is 0.0891. The smallest absolute Gasteiger partial charge is 0.251 e. The molecule has 1 saturated carbocycles. The Hall–Kier alpha value is -0.960. The Morgan fingerprint density at radius 3 is 2.60 bits per heavy atom. The summed E-state index contributed by atoms with van der Waals surface area (Å²) in [6.07, 6.45) is 5.72. The van der Waals surface area contributed by atoms with Crippen molar-refractivity contribution in [1.29, 1.82) is 0 Å². The van der Waals surface area contributed by atoms with Gasteiger partial charge in [-0.3, -0.25) is 4.79 Å². The fourth-order valence-electron chi connectivity index (χ4n) is 2.96. The SMILES string of the molecule is CSCc1ccc(C(=O)N[C@@H]2CCC[C@@H](C)[C@H]2C)cc1. The first kappa shape index (κ1) is 15.4. The Balaban J connectivity index is 1.97. The standard InChI is InChI=1S/C17H25NOS/c1-12-5-4-6-16(13(12)2)18-17(19)15-9-7-14(8-10-15)11-20-3/h7-10,12-13,16H,4-6,11H2,1-3H3,(H,18,19)/t12-,13-,16-/m1/s1. The first-order valence-electron chi connectivity index (χ1n) is 7.50. The molecule has 0 unspecified atom stereocenters. The molecule has 1 amide bonds. The molecule has 1 aliphatic carbocycles. The molecule has 1 aromatic carbocycles. The lowest BCUT2D eigenvalue weighted by atomic mass is 9.78. The topological polar surface area (TPSA) is 29.1 Å². The molecule has 3 atom stereocenters. The molecule has 1 fully saturated rings. The third kappa shape index (κ3) is 3.78. The van der Waals surface area contributed by atoms with E-state index in [0.717, 1.165) is 17.7 Å². The quantitative estimate of drug-likeness (QED) is 0.904. The Labute approximate surface area is 126 Å². The van der Waals surface area contributed by atoms with Crippen LogP contribution in [0.3, 0.4) is 0 Å². The van der Waals surface area contributed by atoms with E-state index in [1.54, 1.807) is 11.8 Å². The molecular weight excluding hydrogens is 266 g/mol. The fraction of sp³-hybridized carbons (Fsp3) is 0.588. The molecule has 2 nitrogen and oxygen atoms in total. The molecule has 3 heteroatoms. The highest BCUT2D eigenvalue weighted by molar-refractivity contribution is 7.97. The summed E-state index contributed by atoms with van der Waals surface area (Å²) in [6, 6.07) is 8.32. The Kier molecular flexibility index (Phi) is 5.53. The van der Waals surface area contributed by atoms with E-state index >= 15 is 0 Å². The predicted octanol–water partition coefficient (Wildman–Crippen LogP) is 4.10. The van der Waals surface area contributed by atoms with Gasteiger partial charge in [0.2, 0.25) is 0 Å². The van der Waals surface area contributed by atoms with Crippen molar-refractivity contribution in [3.05, 3.63) is 35.4 Å². The summed E-state index contributed by atoms with van der Waals surface area (Å²) in [5.74, 6) is 2.35. The van der Waals surface area contributed by atoms with Gasteiger partial charge in [-0.2, -0.15) is 11.8 Å². The number of amides is 1. The van der Waals surface area contributed by atoms with Crippen molar-refractivity contribution >= 4 is 17.7 Å². The second-order valence-corrected chi connectivity index (χ2v) is 6.84. The van der Waals surface area contributed by atoms with Crippen LogP contribution in [0.15, 0.2) is 24.3 Å². The number of thioether (sulfide) groups is 1. The summed E-state index contributed by atoms with van der Waals surface area (Å²) >= 11 is 1.80. The average molecular weight is 291 g/mol. The van der Waals surface area contributed by atoms with E-state index in [-0.39, 0.29) is 5.91 Å². The van der Waals surface area contributed by atoms with Crippen LogP contribution < -0.4 is 5.32 Å². The lowest BCUT2D eigenvalue weighted by Gasteiger charge is -2.34. The highest BCUT2D eigenvalue weighted by Gasteiger charge is 2.28. The van der Waals surface area contributed by atoms with Crippen molar-refractivity contribution < 1.29 is 4.79 Å². The van der Waals surface area contributed by atoms with Crippen molar-refractivity contribution in [3.63, 3.8) is 0 Å². The Bertz CT molecular complexity index is 443. The number of nitrogens with one attached hydrogen (secondary N) is 1. The molecule has 110 valence electrons.